The van der Waals surface area contributed by atoms with E-state index in [1.165, 1.54) is 10.9 Å². The van der Waals surface area contributed by atoms with Gasteiger partial charge in [-0.1, -0.05) is 6.07 Å². The number of anilines is 2. The number of nitrogens with one attached hydrogen (secondary N) is 3. The number of hydrogen-bond acceptors (Lipinski definition) is 6. The van der Waals surface area contributed by atoms with Crippen LogP contribution in [0.3, 0.4) is 0 Å². The maximum Gasteiger partial charge on any atom is 0.251 e. The van der Waals surface area contributed by atoms with Crippen molar-refractivity contribution in [2.75, 3.05) is 19.5 Å². The Hall–Kier alpha value is -4.53. The fourth-order valence-electron chi connectivity index (χ4n) is 5.18. The third kappa shape index (κ3) is 4.30. The maximum absolute atomic E-state index is 12.1. The minimum absolute atomic E-state index is 0.127. The molecule has 3 heterocycles. The van der Waals surface area contributed by atoms with Crippen LogP contribution in [0.25, 0.3) is 33.1 Å². The van der Waals surface area contributed by atoms with Crippen molar-refractivity contribution in [3.63, 3.8) is 0 Å². The van der Waals surface area contributed by atoms with Crippen molar-refractivity contribution in [1.82, 2.24) is 24.8 Å². The molecule has 0 atom stereocenters. The number of aromatic amines is 1. The Morgan fingerprint density at radius 1 is 1.11 bits per heavy atom. The molecule has 38 heavy (non-hydrogen) atoms. The van der Waals surface area contributed by atoms with E-state index in [1.54, 1.807) is 32.4 Å². The first-order chi connectivity index (χ1) is 18.5. The molecule has 0 radical (unpaired) electrons. The average Bonchev–Trinajstić information content (AvgIpc) is 3.69. The molecule has 0 spiro atoms. The highest BCUT2D eigenvalue weighted by Crippen LogP contribution is 2.38. The highest BCUT2D eigenvalue weighted by atomic mass is 16.5. The molecule has 0 bridgehead atoms. The van der Waals surface area contributed by atoms with E-state index in [9.17, 15) is 4.79 Å². The molecule has 5 aromatic rings. The average molecular weight is 511 g/mol. The van der Waals surface area contributed by atoms with Gasteiger partial charge in [0.15, 0.2) is 0 Å². The van der Waals surface area contributed by atoms with E-state index in [2.05, 4.69) is 50.6 Å². The molecule has 1 saturated carbocycles. The molecule has 1 fully saturated rings. The molecular formula is C29H30N6O3. The van der Waals surface area contributed by atoms with Crippen molar-refractivity contribution in [3.05, 3.63) is 60.4 Å². The van der Waals surface area contributed by atoms with Gasteiger partial charge in [0.1, 0.15) is 17.5 Å². The quantitative estimate of drug-likeness (QED) is 0.265. The van der Waals surface area contributed by atoms with Crippen LogP contribution in [-0.2, 0) is 7.05 Å². The van der Waals surface area contributed by atoms with Gasteiger partial charge < -0.3 is 29.7 Å². The first-order valence-corrected chi connectivity index (χ1v) is 12.8. The number of nitrogens with zero attached hydrogens (tertiary/aromatic N) is 3. The molecule has 1 amide bonds. The molecule has 1 aliphatic rings. The zero-order chi connectivity index (χ0) is 26.2. The number of fused-ring (bicyclic) bond motifs is 2. The van der Waals surface area contributed by atoms with Crippen molar-refractivity contribution < 1.29 is 14.3 Å². The Kier molecular flexibility index (Phi) is 6.11. The van der Waals surface area contributed by atoms with E-state index in [0.717, 1.165) is 42.2 Å². The summed E-state index contributed by atoms with van der Waals surface area (Å²) >= 11 is 0. The first-order valence-electron chi connectivity index (χ1n) is 12.8. The lowest BCUT2D eigenvalue weighted by atomic mass is 10.0. The number of amides is 1. The number of carbonyl (C=O) groups excluding carboxylic acids is 1. The summed E-state index contributed by atoms with van der Waals surface area (Å²) in [6.07, 6.45) is 8.49. The minimum Gasteiger partial charge on any atom is -0.495 e. The van der Waals surface area contributed by atoms with Crippen molar-refractivity contribution in [3.8, 4) is 22.8 Å². The molecule has 194 valence electrons. The van der Waals surface area contributed by atoms with E-state index in [-0.39, 0.29) is 12.0 Å². The third-order valence-corrected chi connectivity index (χ3v) is 7.21. The van der Waals surface area contributed by atoms with Crippen LogP contribution >= 0.6 is 0 Å². The molecule has 9 nitrogen and oxygen atoms in total. The Labute approximate surface area is 220 Å². The number of carbonyl (C=O) groups is 1. The minimum atomic E-state index is -0.188. The summed E-state index contributed by atoms with van der Waals surface area (Å²) in [5.74, 6) is 1.25. The molecule has 3 N–H and O–H groups in total. The van der Waals surface area contributed by atoms with Crippen molar-refractivity contribution >= 4 is 39.5 Å². The third-order valence-electron chi connectivity index (χ3n) is 7.21. The SMILES string of the molecule is CNC(=O)c1ccc(Nc2nc(OC3CCCC3)c3c(-c4ccc5c(ccn5C)c4)c[nH]c3n2)c(OC)c1. The smallest absolute Gasteiger partial charge is 0.251 e. The summed E-state index contributed by atoms with van der Waals surface area (Å²) in [6.45, 7) is 0. The van der Waals surface area contributed by atoms with Crippen LogP contribution in [-0.4, -0.2) is 45.7 Å². The second kappa shape index (κ2) is 9.74. The second-order valence-corrected chi connectivity index (χ2v) is 9.62. The topological polar surface area (TPSA) is 106 Å². The van der Waals surface area contributed by atoms with Gasteiger partial charge in [0.2, 0.25) is 11.8 Å². The van der Waals surface area contributed by atoms with Crippen LogP contribution in [0.15, 0.2) is 54.9 Å². The molecule has 9 heteroatoms. The first kappa shape index (κ1) is 23.8. The van der Waals surface area contributed by atoms with Crippen LogP contribution in [0.4, 0.5) is 11.6 Å². The lowest BCUT2D eigenvalue weighted by Gasteiger charge is -2.16. The molecule has 3 aromatic heterocycles. The van der Waals surface area contributed by atoms with Gasteiger partial charge in [-0.25, -0.2) is 0 Å². The monoisotopic (exact) mass is 510 g/mol. The summed E-state index contributed by atoms with van der Waals surface area (Å²) in [5.41, 5.74) is 5.07. The molecule has 1 aliphatic carbocycles. The van der Waals surface area contributed by atoms with E-state index in [4.69, 9.17) is 19.4 Å². The second-order valence-electron chi connectivity index (χ2n) is 9.62. The molecule has 0 aliphatic heterocycles. The van der Waals surface area contributed by atoms with E-state index >= 15 is 0 Å². The predicted octanol–water partition coefficient (Wildman–Crippen LogP) is 5.55. The number of aryl methyl sites for hydroxylation is 1. The zero-order valence-corrected chi connectivity index (χ0v) is 21.7. The summed E-state index contributed by atoms with van der Waals surface area (Å²) in [6, 6.07) is 13.7. The van der Waals surface area contributed by atoms with Gasteiger partial charge in [0.25, 0.3) is 5.91 Å². The molecule has 2 aromatic carbocycles. The highest BCUT2D eigenvalue weighted by molar-refractivity contribution is 6.00. The maximum atomic E-state index is 12.1. The van der Waals surface area contributed by atoms with Gasteiger partial charge in [-0.2, -0.15) is 9.97 Å². The number of H-pyrrole nitrogens is 1. The Morgan fingerprint density at radius 2 is 1.95 bits per heavy atom. The van der Waals surface area contributed by atoms with Crippen molar-refractivity contribution in [1.29, 1.82) is 0 Å². The Balaban J connectivity index is 1.42. The molecule has 0 unspecified atom stereocenters. The summed E-state index contributed by atoms with van der Waals surface area (Å²) in [5, 5.41) is 7.92. The predicted molar refractivity (Wildman–Crippen MR) is 148 cm³/mol. The van der Waals surface area contributed by atoms with Crippen molar-refractivity contribution in [2.24, 2.45) is 7.05 Å². The van der Waals surface area contributed by atoms with Crippen LogP contribution in [0.5, 0.6) is 11.6 Å². The van der Waals surface area contributed by atoms with Crippen LogP contribution in [0.1, 0.15) is 36.0 Å². The molecule has 6 rings (SSSR count). The number of methoxy groups -OCH3 is 1. The number of benzene rings is 2. The van der Waals surface area contributed by atoms with E-state index in [1.807, 2.05) is 13.2 Å². The number of aromatic nitrogens is 4. The van der Waals surface area contributed by atoms with Crippen LogP contribution in [0.2, 0.25) is 0 Å². The van der Waals surface area contributed by atoms with Crippen LogP contribution in [0, 0.1) is 0 Å². The molecular weight excluding hydrogens is 480 g/mol. The van der Waals surface area contributed by atoms with Crippen LogP contribution < -0.4 is 20.1 Å². The normalized spacial score (nSPS) is 13.8. The van der Waals surface area contributed by atoms with Gasteiger partial charge >= 0.3 is 0 Å². The zero-order valence-electron chi connectivity index (χ0n) is 21.7. The van der Waals surface area contributed by atoms with Gasteiger partial charge in [-0.15, -0.1) is 0 Å². The van der Waals surface area contributed by atoms with E-state index in [0.29, 0.717) is 34.5 Å². The van der Waals surface area contributed by atoms with Gasteiger partial charge in [-0.3, -0.25) is 4.79 Å². The summed E-state index contributed by atoms with van der Waals surface area (Å²) in [4.78, 5) is 25.0. The fraction of sp³-hybridized carbons (Fsp3) is 0.276. The van der Waals surface area contributed by atoms with Gasteiger partial charge in [-0.05, 0) is 67.6 Å². The van der Waals surface area contributed by atoms with Crippen molar-refractivity contribution in [2.45, 2.75) is 31.8 Å². The Morgan fingerprint density at radius 3 is 2.74 bits per heavy atom. The largest absolute Gasteiger partial charge is 0.495 e. The standard InChI is InChI=1S/C29H30N6O3/c1-30-27(36)19-8-10-22(24(15-19)37-3)32-29-33-26-25(28(34-29)38-20-6-4-5-7-20)21(16-31-26)17-9-11-23-18(14-17)12-13-35(23)2/h8-16,20H,4-7H2,1-3H3,(H,30,36)(H2,31,32,33,34). The highest BCUT2D eigenvalue weighted by Gasteiger charge is 2.23. The number of rotatable bonds is 7. The fourth-order valence-corrected chi connectivity index (χ4v) is 5.18. The van der Waals surface area contributed by atoms with Gasteiger partial charge in [0.05, 0.1) is 18.2 Å². The summed E-state index contributed by atoms with van der Waals surface area (Å²) in [7, 11) is 5.21. The lowest BCUT2D eigenvalue weighted by molar-refractivity contribution is 0.0962. The Bertz CT molecular complexity index is 1650. The summed E-state index contributed by atoms with van der Waals surface area (Å²) < 4.78 is 14.2. The van der Waals surface area contributed by atoms with E-state index < -0.39 is 0 Å². The van der Waals surface area contributed by atoms with Gasteiger partial charge in [0, 0.05) is 48.5 Å². The lowest BCUT2D eigenvalue weighted by Crippen LogP contribution is -2.17. The molecule has 0 saturated heterocycles. The number of hydrogen-bond donors (Lipinski definition) is 3. The number of ether oxygens (including phenoxy) is 2.